The zero-order valence-electron chi connectivity index (χ0n) is 1.99. The second-order valence-corrected chi connectivity index (χ2v) is 1.66. The lowest BCUT2D eigenvalue weighted by Gasteiger charge is -1.61. The molecule has 5 heavy (non-hydrogen) atoms. The van der Waals surface area contributed by atoms with Crippen molar-refractivity contribution >= 4 is 27.6 Å². The molecule has 0 saturated heterocycles. The van der Waals surface area contributed by atoms with Gasteiger partial charge in [0, 0.05) is 0 Å². The first-order valence-corrected chi connectivity index (χ1v) is 2.35. The summed E-state index contributed by atoms with van der Waals surface area (Å²) in [7, 11) is 0. The number of nitrogens with zero attached hydrogens (tertiary/aromatic N) is 1. The van der Waals surface area contributed by atoms with E-state index in [1.165, 1.54) is 0 Å². The van der Waals surface area contributed by atoms with Gasteiger partial charge in [0.2, 0.25) is 0 Å². The maximum atomic E-state index is 10.6. The Morgan fingerprint density at radius 1 is 1.60 bits per heavy atom. The quantitative estimate of drug-likeness (QED) is 0.518. The van der Waals surface area contributed by atoms with Crippen molar-refractivity contribution in [2.75, 3.05) is 0 Å². The zero-order chi connectivity index (χ0) is 4.28. The van der Waals surface area contributed by atoms with Crippen molar-refractivity contribution in [1.82, 2.24) is 0 Å². The monoisotopic (exact) mass is 163 g/mol. The van der Waals surface area contributed by atoms with Crippen LogP contribution in [-0.2, 0) is 11.5 Å². The van der Waals surface area contributed by atoms with Gasteiger partial charge in [-0.3, -0.25) is 0 Å². The molecule has 0 bridgehead atoms. The Morgan fingerprint density at radius 3 is 1.80 bits per heavy atom. The van der Waals surface area contributed by atoms with Crippen LogP contribution in [0.25, 0.3) is 0 Å². The third-order valence-corrected chi connectivity index (χ3v) is 0.813. The molecule has 0 aliphatic carbocycles. The van der Waals surface area contributed by atoms with Crippen molar-refractivity contribution in [3.63, 3.8) is 0 Å². The summed E-state index contributed by atoms with van der Waals surface area (Å²) >= 11 is -0.580. The minimum Gasteiger partial charge on any atom is -0.126 e. The van der Waals surface area contributed by atoms with Gasteiger partial charge >= 0.3 is 0 Å². The molecule has 0 saturated carbocycles. The van der Waals surface area contributed by atoms with Crippen LogP contribution in [0.15, 0.2) is 3.39 Å². The van der Waals surface area contributed by atoms with Crippen LogP contribution >= 0.6 is 16.1 Å². The topological polar surface area (TPSA) is 12.4 Å². The maximum Gasteiger partial charge on any atom is 0.273 e. The van der Waals surface area contributed by atoms with Gasteiger partial charge in [-0.2, -0.15) is 0 Å². The van der Waals surface area contributed by atoms with Crippen LogP contribution in [0, 0.1) is 0 Å². The van der Waals surface area contributed by atoms with E-state index in [1.807, 2.05) is 0 Å². The lowest BCUT2D eigenvalue weighted by atomic mass is 14.0. The maximum absolute atomic E-state index is 10.6. The van der Waals surface area contributed by atoms with E-state index in [9.17, 15) is 7.77 Å². The predicted molar refractivity (Wildman–Crippen MR) is 20.9 cm³/mol. The van der Waals surface area contributed by atoms with Crippen molar-refractivity contribution in [3.8, 4) is 0 Å². The Balaban J connectivity index is 3.14. The van der Waals surface area contributed by atoms with Crippen LogP contribution in [0.3, 0.4) is 0 Å². The van der Waals surface area contributed by atoms with E-state index in [0.717, 1.165) is 0 Å². The molecule has 1 nitrogen and oxygen atoms in total. The minimum absolute atomic E-state index is 2.20. The number of hydrogen-bond acceptors (Lipinski definition) is 1. The summed E-state index contributed by atoms with van der Waals surface area (Å²) in [4.78, 5) is 0. The molecule has 0 unspecified atom stereocenters. The van der Waals surface area contributed by atoms with E-state index in [1.54, 1.807) is 0 Å². The van der Waals surface area contributed by atoms with Crippen molar-refractivity contribution in [3.05, 3.63) is 0 Å². The van der Waals surface area contributed by atoms with Crippen LogP contribution < -0.4 is 0 Å². The smallest absolute Gasteiger partial charge is 0.126 e. The lowest BCUT2D eigenvalue weighted by Crippen LogP contribution is -1.47. The molecule has 32 valence electrons. The summed E-state index contributed by atoms with van der Waals surface area (Å²) < 4.78 is 23.6. The summed E-state index contributed by atoms with van der Waals surface area (Å²) in [5, 5.41) is 0. The summed E-state index contributed by atoms with van der Waals surface area (Å²) in [5.41, 5.74) is 0. The Hall–Kier alpha value is 0.490. The Morgan fingerprint density at radius 2 is 1.80 bits per heavy atom. The molecule has 0 amide bonds. The molecule has 0 rings (SSSR count). The van der Waals surface area contributed by atoms with Crippen LogP contribution in [0.5, 0.6) is 0 Å². The zero-order valence-corrected chi connectivity index (χ0v) is 4.39. The Bertz CT molecular complexity index is 47.6. The summed E-state index contributed by atoms with van der Waals surface area (Å²) in [5.74, 6) is 0. The molecule has 0 atom stereocenters. The third kappa shape index (κ3) is 4.49. The molecule has 0 radical (unpaired) electrons. The third-order valence-electron chi connectivity index (χ3n) is 0.0522. The van der Waals surface area contributed by atoms with Gasteiger partial charge in [0.25, 0.3) is 11.5 Å². The van der Waals surface area contributed by atoms with Crippen molar-refractivity contribution < 1.29 is 7.77 Å². The highest BCUT2D eigenvalue weighted by Crippen LogP contribution is 1.93. The van der Waals surface area contributed by atoms with Gasteiger partial charge in [-0.1, -0.05) is 0 Å². The SMILES string of the molecule is FS(F)=NBr. The summed E-state index contributed by atoms with van der Waals surface area (Å²) in [6.07, 6.45) is 0. The highest BCUT2D eigenvalue weighted by atomic mass is 79.9. The first kappa shape index (κ1) is 5.49. The molecular formula is BrF2NS. The molecule has 5 heteroatoms. The molecular weight excluding hydrogens is 164 g/mol. The van der Waals surface area contributed by atoms with E-state index >= 15 is 0 Å². The van der Waals surface area contributed by atoms with Gasteiger partial charge in [0.05, 0.1) is 16.1 Å². The fourth-order valence-electron chi connectivity index (χ4n) is 0. The summed E-state index contributed by atoms with van der Waals surface area (Å²) in [6.45, 7) is 0. The van der Waals surface area contributed by atoms with Crippen molar-refractivity contribution in [2.45, 2.75) is 0 Å². The van der Waals surface area contributed by atoms with Crippen molar-refractivity contribution in [2.24, 2.45) is 3.39 Å². The molecule has 0 aliphatic heterocycles. The Kier molecular flexibility index (Phi) is 2.98. The molecule has 0 spiro atoms. The predicted octanol–water partition coefficient (Wildman–Crippen LogP) is 1.87. The first-order valence-electron chi connectivity index (χ1n) is 0.660. The molecule has 0 aromatic rings. The minimum atomic E-state index is -2.78. The van der Waals surface area contributed by atoms with Gasteiger partial charge in [0.1, 0.15) is 0 Å². The van der Waals surface area contributed by atoms with E-state index in [4.69, 9.17) is 0 Å². The molecule has 0 fully saturated rings. The second-order valence-electron chi connectivity index (χ2n) is 0.265. The normalized spacial score (nSPS) is 8.80. The standard InChI is InChI=1S/BrF2NS/c1-4-5(2)3. The van der Waals surface area contributed by atoms with Crippen LogP contribution in [0.2, 0.25) is 0 Å². The van der Waals surface area contributed by atoms with Gasteiger partial charge < -0.3 is 0 Å². The van der Waals surface area contributed by atoms with Gasteiger partial charge in [-0.15, -0.1) is 11.2 Å². The average Bonchev–Trinajstić information content (AvgIpc) is 1.38. The highest BCUT2D eigenvalue weighted by Gasteiger charge is 1.74. The van der Waals surface area contributed by atoms with Crippen molar-refractivity contribution in [1.29, 1.82) is 0 Å². The molecule has 0 N–H and O–H groups in total. The van der Waals surface area contributed by atoms with Gasteiger partial charge in [-0.25, -0.2) is 0 Å². The molecule has 0 aromatic heterocycles. The van der Waals surface area contributed by atoms with E-state index in [0.29, 0.717) is 0 Å². The number of rotatable bonds is 0. The lowest BCUT2D eigenvalue weighted by molar-refractivity contribution is 0.789. The van der Waals surface area contributed by atoms with Crippen LogP contribution in [0.4, 0.5) is 7.77 Å². The largest absolute Gasteiger partial charge is 0.273 e. The highest BCUT2D eigenvalue weighted by molar-refractivity contribution is 9.09. The molecule has 0 aliphatic rings. The Labute approximate surface area is 39.4 Å². The molecule has 0 aromatic carbocycles. The fourth-order valence-corrected chi connectivity index (χ4v) is 0. The summed E-state index contributed by atoms with van der Waals surface area (Å²) in [6, 6.07) is 0. The van der Waals surface area contributed by atoms with E-state index < -0.39 is 11.5 Å². The average molecular weight is 164 g/mol. The van der Waals surface area contributed by atoms with Crippen LogP contribution in [0.1, 0.15) is 0 Å². The number of halogens is 3. The van der Waals surface area contributed by atoms with E-state index in [2.05, 4.69) is 19.5 Å². The van der Waals surface area contributed by atoms with E-state index in [-0.39, 0.29) is 0 Å². The van der Waals surface area contributed by atoms with Gasteiger partial charge in [-0.05, 0) is 0 Å². The molecule has 0 heterocycles. The van der Waals surface area contributed by atoms with Crippen LogP contribution in [-0.4, -0.2) is 0 Å². The number of hydrogen-bond donors (Lipinski definition) is 0. The van der Waals surface area contributed by atoms with Gasteiger partial charge in [0.15, 0.2) is 0 Å². The second kappa shape index (κ2) is 2.71. The first-order chi connectivity index (χ1) is 2.27. The fraction of sp³-hybridized carbons (Fsp3) is 0.